The minimum absolute atomic E-state index is 0.0267. The molecule has 6 rings (SSSR count). The number of carbonyl (C=O) groups excluding carboxylic acids is 7. The van der Waals surface area contributed by atoms with E-state index in [2.05, 4.69) is 16.0 Å². The number of carbonyl (C=O) groups is 7. The molecule has 4 fully saturated rings. The fourth-order valence-corrected chi connectivity index (χ4v) is 10.0. The molecular weight excluding hydrogens is 823 g/mol. The van der Waals surface area contributed by atoms with Crippen LogP contribution in [-0.4, -0.2) is 138 Å². The summed E-state index contributed by atoms with van der Waals surface area (Å²) in [4.78, 5) is 102. The molecule has 0 unspecified atom stereocenters. The molecule has 324 valence electrons. The SMILES string of the molecule is Cc1cccc(C[C@H](NC(=O)Cc2ccc(Cl)cc2F)C(=O)N[C@@H]2C(=O)N3CCC[C@H]3C(=O)N3CCS(=O)(=O)C[C@H]3C(=O)N[C@@H](C)C(=O)N3C[C@H](C)C[C@H]3C(=O)O[C@H]2C)c1. The number of amides is 6. The molecular formula is C41H50ClFN6O10S. The third-order valence-corrected chi connectivity index (χ3v) is 13.4. The Morgan fingerprint density at radius 2 is 1.68 bits per heavy atom. The van der Waals surface area contributed by atoms with E-state index in [0.29, 0.717) is 12.0 Å². The topological polar surface area (TPSA) is 209 Å². The van der Waals surface area contributed by atoms with Crippen molar-refractivity contribution < 1.29 is 51.1 Å². The summed E-state index contributed by atoms with van der Waals surface area (Å²) in [5, 5.41) is 8.04. The van der Waals surface area contributed by atoms with Gasteiger partial charge in [-0.1, -0.05) is 54.4 Å². The number of rotatable bonds is 7. The number of sulfone groups is 1. The van der Waals surface area contributed by atoms with Gasteiger partial charge in [-0.25, -0.2) is 17.6 Å². The number of hydrogen-bond acceptors (Lipinski definition) is 10. The molecule has 4 aliphatic heterocycles. The number of esters is 1. The molecule has 6 amide bonds. The predicted octanol–water partition coefficient (Wildman–Crippen LogP) is 0.846. The number of ether oxygens (including phenoxy) is 1. The van der Waals surface area contributed by atoms with Crippen LogP contribution < -0.4 is 16.0 Å². The molecule has 4 aliphatic rings. The van der Waals surface area contributed by atoms with Crippen molar-refractivity contribution in [2.24, 2.45) is 5.92 Å². The maximum atomic E-state index is 14.7. The summed E-state index contributed by atoms with van der Waals surface area (Å²) in [6.45, 7) is 6.31. The Bertz CT molecular complexity index is 2180. The quantitative estimate of drug-likeness (QED) is 0.334. The molecule has 19 heteroatoms. The van der Waals surface area contributed by atoms with Gasteiger partial charge in [-0.3, -0.25) is 28.8 Å². The van der Waals surface area contributed by atoms with Gasteiger partial charge in [-0.05, 0) is 69.2 Å². The van der Waals surface area contributed by atoms with E-state index in [1.807, 2.05) is 26.0 Å². The van der Waals surface area contributed by atoms with Gasteiger partial charge in [-0.2, -0.15) is 0 Å². The number of cyclic esters (lactones) is 1. The van der Waals surface area contributed by atoms with E-state index in [9.17, 15) is 46.4 Å². The highest BCUT2D eigenvalue weighted by Gasteiger charge is 2.48. The molecule has 16 nitrogen and oxygen atoms in total. The Hall–Kier alpha value is -5.10. The monoisotopic (exact) mass is 872 g/mol. The minimum atomic E-state index is -3.78. The summed E-state index contributed by atoms with van der Waals surface area (Å²) in [7, 11) is -3.78. The van der Waals surface area contributed by atoms with Crippen molar-refractivity contribution in [3.63, 3.8) is 0 Å². The van der Waals surface area contributed by atoms with Crippen molar-refractivity contribution >= 4 is 62.9 Å². The first-order valence-corrected chi connectivity index (χ1v) is 22.2. The van der Waals surface area contributed by atoms with E-state index in [4.69, 9.17) is 16.3 Å². The third kappa shape index (κ3) is 10.1. The Kier molecular flexibility index (Phi) is 13.5. The van der Waals surface area contributed by atoms with Gasteiger partial charge in [0.15, 0.2) is 9.84 Å². The van der Waals surface area contributed by atoms with Crippen molar-refractivity contribution in [3.05, 3.63) is 70.0 Å². The van der Waals surface area contributed by atoms with Crippen LogP contribution >= 0.6 is 11.6 Å². The number of aryl methyl sites for hydroxylation is 1. The van der Waals surface area contributed by atoms with Crippen LogP contribution in [0.25, 0.3) is 0 Å². The minimum Gasteiger partial charge on any atom is -0.458 e. The fraction of sp³-hybridized carbons (Fsp3) is 0.537. The van der Waals surface area contributed by atoms with Crippen molar-refractivity contribution in [1.82, 2.24) is 30.7 Å². The number of fused-ring (bicyclic) bond motifs is 3. The summed E-state index contributed by atoms with van der Waals surface area (Å²) in [6.07, 6.45) is -1.20. The van der Waals surface area contributed by atoms with Crippen LogP contribution in [-0.2, 0) is 61.0 Å². The van der Waals surface area contributed by atoms with E-state index < -0.39 is 117 Å². The smallest absolute Gasteiger partial charge is 0.329 e. The lowest BCUT2D eigenvalue weighted by molar-refractivity contribution is -0.163. The largest absolute Gasteiger partial charge is 0.458 e. The van der Waals surface area contributed by atoms with Gasteiger partial charge in [0.05, 0.1) is 17.9 Å². The number of hydrogen-bond donors (Lipinski definition) is 3. The molecule has 0 bridgehead atoms. The first-order valence-electron chi connectivity index (χ1n) is 20.0. The number of halogens is 2. The summed E-state index contributed by atoms with van der Waals surface area (Å²) in [5.74, 6) is -7.44. The second kappa shape index (κ2) is 18.3. The normalized spacial score (nSPS) is 27.9. The second-order valence-corrected chi connectivity index (χ2v) is 18.9. The van der Waals surface area contributed by atoms with E-state index in [1.165, 1.54) is 35.8 Å². The van der Waals surface area contributed by atoms with Crippen LogP contribution in [0.15, 0.2) is 42.5 Å². The summed E-state index contributed by atoms with van der Waals surface area (Å²) < 4.78 is 46.2. The zero-order chi connectivity index (χ0) is 43.6. The Balaban J connectivity index is 1.35. The Morgan fingerprint density at radius 3 is 2.40 bits per heavy atom. The summed E-state index contributed by atoms with van der Waals surface area (Å²) >= 11 is 5.90. The van der Waals surface area contributed by atoms with Crippen molar-refractivity contribution in [2.45, 2.75) is 102 Å². The standard InChI is InChI=1S/C41H50ClFN6O10S/c1-22-7-5-8-26(15-22)17-30(45-34(50)18-27-10-11-28(42)19-29(27)43)36(51)46-35-25(4)59-41(56)32-16-23(2)20-49(32)38(53)24(3)44-37(52)33-21-60(57,58)14-13-48(33)39(54)31-9-6-12-47(31)40(35)55/h5,7-8,10-11,15,19,23-25,30-33,35H,6,9,12-14,16-18,20-21H2,1-4H3,(H,44,52)(H,45,50)(H,46,51)/t23-,24+,25+,30+,31+,32+,33+,35+/m1/s1. The lowest BCUT2D eigenvalue weighted by Gasteiger charge is -2.39. The van der Waals surface area contributed by atoms with E-state index in [0.717, 1.165) is 16.5 Å². The molecule has 0 saturated carbocycles. The molecule has 2 aromatic rings. The zero-order valence-electron chi connectivity index (χ0n) is 33.8. The lowest BCUT2D eigenvalue weighted by atomic mass is 10.0. The molecule has 4 saturated heterocycles. The number of nitrogens with one attached hydrogen (secondary N) is 3. The van der Waals surface area contributed by atoms with E-state index >= 15 is 0 Å². The maximum Gasteiger partial charge on any atom is 0.329 e. The van der Waals surface area contributed by atoms with Gasteiger partial charge < -0.3 is 35.4 Å². The Morgan fingerprint density at radius 1 is 0.950 bits per heavy atom. The van der Waals surface area contributed by atoms with Crippen molar-refractivity contribution in [3.8, 4) is 0 Å². The van der Waals surface area contributed by atoms with Crippen LogP contribution in [0, 0.1) is 18.7 Å². The molecule has 0 radical (unpaired) electrons. The van der Waals surface area contributed by atoms with Gasteiger partial charge in [0.1, 0.15) is 48.2 Å². The zero-order valence-corrected chi connectivity index (χ0v) is 35.4. The summed E-state index contributed by atoms with van der Waals surface area (Å²) in [5.41, 5.74) is 1.55. The van der Waals surface area contributed by atoms with Gasteiger partial charge in [0, 0.05) is 31.1 Å². The Labute approximate surface area is 352 Å². The summed E-state index contributed by atoms with van der Waals surface area (Å²) in [6, 6.07) is 3.04. The third-order valence-electron chi connectivity index (χ3n) is 11.5. The first kappa shape index (κ1) is 44.5. The predicted molar refractivity (Wildman–Crippen MR) is 215 cm³/mol. The molecule has 4 heterocycles. The van der Waals surface area contributed by atoms with Crippen LogP contribution in [0.3, 0.4) is 0 Å². The average molecular weight is 873 g/mol. The molecule has 60 heavy (non-hydrogen) atoms. The lowest BCUT2D eigenvalue weighted by Crippen LogP contribution is -2.64. The van der Waals surface area contributed by atoms with Crippen LogP contribution in [0.5, 0.6) is 0 Å². The highest BCUT2D eigenvalue weighted by atomic mass is 35.5. The molecule has 0 aromatic heterocycles. The number of nitrogens with zero attached hydrogens (tertiary/aromatic N) is 3. The van der Waals surface area contributed by atoms with Crippen molar-refractivity contribution in [2.75, 3.05) is 31.1 Å². The van der Waals surface area contributed by atoms with Crippen LogP contribution in [0.4, 0.5) is 4.39 Å². The van der Waals surface area contributed by atoms with Gasteiger partial charge in [-0.15, -0.1) is 0 Å². The molecule has 0 spiro atoms. The molecule has 3 N–H and O–H groups in total. The van der Waals surface area contributed by atoms with E-state index in [-0.39, 0.29) is 55.4 Å². The van der Waals surface area contributed by atoms with Gasteiger partial charge >= 0.3 is 5.97 Å². The van der Waals surface area contributed by atoms with Gasteiger partial charge in [0.2, 0.25) is 35.4 Å². The maximum absolute atomic E-state index is 14.7. The molecule has 0 aliphatic carbocycles. The highest BCUT2D eigenvalue weighted by Crippen LogP contribution is 2.28. The van der Waals surface area contributed by atoms with Crippen molar-refractivity contribution in [1.29, 1.82) is 0 Å². The molecule has 8 atom stereocenters. The highest BCUT2D eigenvalue weighted by molar-refractivity contribution is 7.91. The van der Waals surface area contributed by atoms with Crippen LogP contribution in [0.1, 0.15) is 56.7 Å². The van der Waals surface area contributed by atoms with Gasteiger partial charge in [0.25, 0.3) is 0 Å². The first-order chi connectivity index (χ1) is 28.3. The second-order valence-electron chi connectivity index (χ2n) is 16.3. The number of benzene rings is 2. The molecule has 2 aromatic carbocycles. The van der Waals surface area contributed by atoms with E-state index in [1.54, 1.807) is 12.1 Å². The average Bonchev–Trinajstić information content (AvgIpc) is 3.83. The fourth-order valence-electron chi connectivity index (χ4n) is 8.41. The van der Waals surface area contributed by atoms with Crippen LogP contribution in [0.2, 0.25) is 5.02 Å².